The first-order valence-corrected chi connectivity index (χ1v) is 6.62. The van der Waals surface area contributed by atoms with Crippen molar-refractivity contribution in [3.05, 3.63) is 28.8 Å². The highest BCUT2D eigenvalue weighted by Gasteiger charge is 2.43. The summed E-state index contributed by atoms with van der Waals surface area (Å²) in [6.45, 7) is 3.31. The van der Waals surface area contributed by atoms with E-state index in [0.29, 0.717) is 12.3 Å². The standard InChI is InChI=1S/C15H21F2NO/c1-10-5-6-11(14(2,16)17)13(19-3)12(10)15(9-18)7-4-8-15/h5-6H,4,7-9,18H2,1-3H3. The van der Waals surface area contributed by atoms with Gasteiger partial charge in [-0.3, -0.25) is 0 Å². The molecule has 1 saturated carbocycles. The molecule has 0 spiro atoms. The lowest BCUT2D eigenvalue weighted by atomic mass is 9.63. The largest absolute Gasteiger partial charge is 0.496 e. The fourth-order valence-electron chi connectivity index (χ4n) is 3.06. The third-order valence-electron chi connectivity index (χ3n) is 4.27. The highest BCUT2D eigenvalue weighted by molar-refractivity contribution is 5.53. The van der Waals surface area contributed by atoms with Crippen molar-refractivity contribution in [3.63, 3.8) is 0 Å². The van der Waals surface area contributed by atoms with Crippen LogP contribution in [0.4, 0.5) is 8.78 Å². The van der Waals surface area contributed by atoms with Crippen LogP contribution in [0.3, 0.4) is 0 Å². The lowest BCUT2D eigenvalue weighted by Gasteiger charge is -2.43. The van der Waals surface area contributed by atoms with Crippen LogP contribution in [-0.4, -0.2) is 13.7 Å². The number of hydrogen-bond acceptors (Lipinski definition) is 2. The molecule has 19 heavy (non-hydrogen) atoms. The molecule has 1 aliphatic carbocycles. The van der Waals surface area contributed by atoms with Gasteiger partial charge in [0.2, 0.25) is 0 Å². The average Bonchev–Trinajstić information content (AvgIpc) is 2.28. The highest BCUT2D eigenvalue weighted by Crippen LogP contribution is 2.50. The molecular formula is C15H21F2NO. The number of ether oxygens (including phenoxy) is 1. The minimum atomic E-state index is -2.91. The van der Waals surface area contributed by atoms with Gasteiger partial charge >= 0.3 is 0 Å². The molecular weight excluding hydrogens is 248 g/mol. The van der Waals surface area contributed by atoms with Crippen LogP contribution in [0.15, 0.2) is 12.1 Å². The Morgan fingerprint density at radius 3 is 2.37 bits per heavy atom. The van der Waals surface area contributed by atoms with Crippen molar-refractivity contribution in [2.75, 3.05) is 13.7 Å². The molecule has 0 aromatic heterocycles. The Labute approximate surface area is 112 Å². The minimum Gasteiger partial charge on any atom is -0.496 e. The molecule has 0 unspecified atom stereocenters. The number of aryl methyl sites for hydroxylation is 1. The number of alkyl halides is 2. The van der Waals surface area contributed by atoms with Gasteiger partial charge in [-0.15, -0.1) is 0 Å². The molecule has 1 aliphatic rings. The van der Waals surface area contributed by atoms with E-state index < -0.39 is 5.92 Å². The van der Waals surface area contributed by atoms with E-state index in [1.165, 1.54) is 13.2 Å². The van der Waals surface area contributed by atoms with Gasteiger partial charge in [0.1, 0.15) is 5.75 Å². The number of nitrogens with two attached hydrogens (primary N) is 1. The van der Waals surface area contributed by atoms with Gasteiger partial charge in [0.05, 0.1) is 12.7 Å². The molecule has 106 valence electrons. The van der Waals surface area contributed by atoms with E-state index in [4.69, 9.17) is 10.5 Å². The van der Waals surface area contributed by atoms with Crippen LogP contribution < -0.4 is 10.5 Å². The summed E-state index contributed by atoms with van der Waals surface area (Å²) in [6.07, 6.45) is 2.98. The summed E-state index contributed by atoms with van der Waals surface area (Å²) in [5.41, 5.74) is 7.54. The first kappa shape index (κ1) is 14.3. The first-order chi connectivity index (χ1) is 8.85. The van der Waals surface area contributed by atoms with Gasteiger partial charge in [0, 0.05) is 24.4 Å². The maximum atomic E-state index is 13.7. The fraction of sp³-hybridized carbons (Fsp3) is 0.600. The Morgan fingerprint density at radius 2 is 2.00 bits per heavy atom. The Hall–Kier alpha value is -1.16. The summed E-state index contributed by atoms with van der Waals surface area (Å²) in [5, 5.41) is 0. The number of hydrogen-bond donors (Lipinski definition) is 1. The summed E-state index contributed by atoms with van der Waals surface area (Å²) in [5.74, 6) is -2.59. The Balaban J connectivity index is 2.65. The van der Waals surface area contributed by atoms with Crippen molar-refractivity contribution < 1.29 is 13.5 Å². The Bertz CT molecular complexity index is 470. The van der Waals surface area contributed by atoms with E-state index in [9.17, 15) is 8.78 Å². The second kappa shape index (κ2) is 4.75. The third kappa shape index (κ3) is 2.22. The number of halogens is 2. The number of methoxy groups -OCH3 is 1. The Kier molecular flexibility index (Phi) is 3.56. The number of rotatable bonds is 4. The summed E-state index contributed by atoms with van der Waals surface area (Å²) in [7, 11) is 1.45. The van der Waals surface area contributed by atoms with Gasteiger partial charge < -0.3 is 10.5 Å². The molecule has 0 amide bonds. The van der Waals surface area contributed by atoms with Gasteiger partial charge in [-0.2, -0.15) is 0 Å². The molecule has 2 N–H and O–H groups in total. The van der Waals surface area contributed by atoms with Crippen LogP contribution in [0.25, 0.3) is 0 Å². The molecule has 0 atom stereocenters. The van der Waals surface area contributed by atoms with Crippen molar-refractivity contribution in [3.8, 4) is 5.75 Å². The zero-order valence-electron chi connectivity index (χ0n) is 11.7. The van der Waals surface area contributed by atoms with Crippen LogP contribution in [0, 0.1) is 6.92 Å². The quantitative estimate of drug-likeness (QED) is 0.908. The summed E-state index contributed by atoms with van der Waals surface area (Å²) >= 11 is 0. The SMILES string of the molecule is COc1c(C(C)(F)F)ccc(C)c1C1(CN)CCC1. The van der Waals surface area contributed by atoms with Crippen molar-refractivity contribution in [1.82, 2.24) is 0 Å². The molecule has 0 radical (unpaired) electrons. The Morgan fingerprint density at radius 1 is 1.37 bits per heavy atom. The summed E-state index contributed by atoms with van der Waals surface area (Å²) in [6, 6.07) is 3.21. The van der Waals surface area contributed by atoms with E-state index >= 15 is 0 Å². The molecule has 1 aromatic carbocycles. The fourth-order valence-corrected chi connectivity index (χ4v) is 3.06. The molecule has 2 rings (SSSR count). The van der Waals surface area contributed by atoms with Crippen molar-refractivity contribution in [2.45, 2.75) is 44.4 Å². The van der Waals surface area contributed by atoms with Gasteiger partial charge in [-0.05, 0) is 31.4 Å². The third-order valence-corrected chi connectivity index (χ3v) is 4.27. The minimum absolute atomic E-state index is 0.0460. The smallest absolute Gasteiger partial charge is 0.274 e. The monoisotopic (exact) mass is 269 g/mol. The lowest BCUT2D eigenvalue weighted by molar-refractivity contribution is 0.0146. The highest BCUT2D eigenvalue weighted by atomic mass is 19.3. The van der Waals surface area contributed by atoms with E-state index in [1.54, 1.807) is 6.07 Å². The van der Waals surface area contributed by atoms with Crippen LogP contribution in [0.5, 0.6) is 5.75 Å². The molecule has 0 heterocycles. The summed E-state index contributed by atoms with van der Waals surface area (Å²) < 4.78 is 32.8. The maximum Gasteiger partial charge on any atom is 0.274 e. The van der Waals surface area contributed by atoms with E-state index in [2.05, 4.69) is 0 Å². The number of benzene rings is 1. The zero-order chi connectivity index (χ0) is 14.3. The maximum absolute atomic E-state index is 13.7. The van der Waals surface area contributed by atoms with Crippen LogP contribution >= 0.6 is 0 Å². The molecule has 1 aromatic rings. The predicted octanol–water partition coefficient (Wildman–Crippen LogP) is 3.50. The van der Waals surface area contributed by atoms with Gasteiger partial charge in [0.15, 0.2) is 0 Å². The first-order valence-electron chi connectivity index (χ1n) is 6.62. The average molecular weight is 269 g/mol. The summed E-state index contributed by atoms with van der Waals surface area (Å²) in [4.78, 5) is 0. The molecule has 0 aliphatic heterocycles. The van der Waals surface area contributed by atoms with Crippen molar-refractivity contribution in [1.29, 1.82) is 0 Å². The van der Waals surface area contributed by atoms with Crippen LogP contribution in [0.2, 0.25) is 0 Å². The van der Waals surface area contributed by atoms with Crippen LogP contribution in [-0.2, 0) is 11.3 Å². The van der Waals surface area contributed by atoms with Gasteiger partial charge in [-0.1, -0.05) is 12.5 Å². The molecule has 4 heteroatoms. The van der Waals surface area contributed by atoms with E-state index in [1.807, 2.05) is 6.92 Å². The normalized spacial score (nSPS) is 18.0. The zero-order valence-corrected chi connectivity index (χ0v) is 11.7. The topological polar surface area (TPSA) is 35.2 Å². The van der Waals surface area contributed by atoms with Crippen LogP contribution in [0.1, 0.15) is 42.9 Å². The molecule has 2 nitrogen and oxygen atoms in total. The lowest BCUT2D eigenvalue weighted by Crippen LogP contribution is -2.42. The molecule has 0 saturated heterocycles. The van der Waals surface area contributed by atoms with Crippen molar-refractivity contribution in [2.24, 2.45) is 5.73 Å². The van der Waals surface area contributed by atoms with E-state index in [0.717, 1.165) is 37.3 Å². The molecule has 1 fully saturated rings. The predicted molar refractivity (Wildman–Crippen MR) is 71.9 cm³/mol. The van der Waals surface area contributed by atoms with Gasteiger partial charge in [-0.25, -0.2) is 8.78 Å². The van der Waals surface area contributed by atoms with Crippen molar-refractivity contribution >= 4 is 0 Å². The molecule has 0 bridgehead atoms. The second-order valence-corrected chi connectivity index (χ2v) is 5.56. The second-order valence-electron chi connectivity index (χ2n) is 5.56. The van der Waals surface area contributed by atoms with E-state index in [-0.39, 0.29) is 11.0 Å². The van der Waals surface area contributed by atoms with Gasteiger partial charge in [0.25, 0.3) is 5.92 Å².